The molecule has 1 heterocycles. The highest BCUT2D eigenvalue weighted by Gasteiger charge is 2.23. The smallest absolute Gasteiger partial charge is 0.260 e. The minimum absolute atomic E-state index is 0. The molecule has 0 saturated heterocycles. The van der Waals surface area contributed by atoms with E-state index in [0.29, 0.717) is 17.2 Å². The maximum atomic E-state index is 13.4. The quantitative estimate of drug-likeness (QED) is 0.409. The van der Waals surface area contributed by atoms with E-state index in [0.717, 1.165) is 32.0 Å². The van der Waals surface area contributed by atoms with Crippen molar-refractivity contribution in [1.29, 1.82) is 0 Å². The number of sulfonamides is 1. The number of thiazole rings is 1. The van der Waals surface area contributed by atoms with Gasteiger partial charge in [0.15, 0.2) is 5.13 Å². The van der Waals surface area contributed by atoms with Crippen LogP contribution < -0.4 is 4.90 Å². The van der Waals surface area contributed by atoms with E-state index in [2.05, 4.69) is 25.8 Å². The van der Waals surface area contributed by atoms with Gasteiger partial charge in [0.1, 0.15) is 0 Å². The second-order valence-electron chi connectivity index (χ2n) is 7.53. The summed E-state index contributed by atoms with van der Waals surface area (Å²) in [7, 11) is 3.39. The van der Waals surface area contributed by atoms with E-state index in [-0.39, 0.29) is 23.2 Å². The van der Waals surface area contributed by atoms with Crippen LogP contribution in [-0.4, -0.2) is 69.8 Å². The molecule has 0 aliphatic rings. The molecule has 1 aromatic heterocycles. The summed E-state index contributed by atoms with van der Waals surface area (Å²) in [5.41, 5.74) is 1.25. The van der Waals surface area contributed by atoms with Gasteiger partial charge < -0.3 is 4.90 Å². The number of aromatic nitrogens is 1. The third kappa shape index (κ3) is 6.06. The molecule has 0 aliphatic carbocycles. The summed E-state index contributed by atoms with van der Waals surface area (Å²) < 4.78 is 27.7. The molecule has 0 fully saturated rings. The molecule has 0 saturated carbocycles. The number of amides is 1. The minimum atomic E-state index is -3.55. The van der Waals surface area contributed by atoms with Crippen LogP contribution in [0.15, 0.2) is 51.8 Å². The van der Waals surface area contributed by atoms with Crippen LogP contribution in [0, 0.1) is 0 Å². The van der Waals surface area contributed by atoms with Gasteiger partial charge in [-0.2, -0.15) is 0 Å². The lowest BCUT2D eigenvalue weighted by molar-refractivity contribution is 0.0986. The van der Waals surface area contributed by atoms with Crippen molar-refractivity contribution in [1.82, 2.24) is 14.2 Å². The topological polar surface area (TPSA) is 73.8 Å². The summed E-state index contributed by atoms with van der Waals surface area (Å²) in [6.45, 7) is 1.34. The Labute approximate surface area is 207 Å². The maximum absolute atomic E-state index is 13.4. The molecule has 174 valence electrons. The number of rotatable bonds is 8. The van der Waals surface area contributed by atoms with E-state index in [4.69, 9.17) is 0 Å². The van der Waals surface area contributed by atoms with E-state index < -0.39 is 10.0 Å². The van der Waals surface area contributed by atoms with Crippen molar-refractivity contribution in [3.8, 4) is 0 Å². The second kappa shape index (κ2) is 11.0. The van der Waals surface area contributed by atoms with Crippen LogP contribution in [0.5, 0.6) is 0 Å². The van der Waals surface area contributed by atoms with Crippen LogP contribution in [-0.2, 0) is 10.0 Å². The summed E-state index contributed by atoms with van der Waals surface area (Å²) in [6, 6.07) is 11.9. The van der Waals surface area contributed by atoms with Gasteiger partial charge in [-0.15, -0.1) is 12.4 Å². The average Bonchev–Trinajstić information content (AvgIpc) is 3.13. The number of carbonyl (C=O) groups excluding carboxylic acids is 1. The molecule has 0 N–H and O–H groups in total. The summed E-state index contributed by atoms with van der Waals surface area (Å²) in [5, 5.41) is 0.627. The van der Waals surface area contributed by atoms with E-state index >= 15 is 0 Å². The number of nitrogens with zero attached hydrogens (tertiary/aromatic N) is 4. The van der Waals surface area contributed by atoms with Gasteiger partial charge in [0.2, 0.25) is 10.0 Å². The Hall–Kier alpha value is -1.56. The third-order valence-corrected chi connectivity index (χ3v) is 8.05. The Bertz CT molecular complexity index is 1180. The number of hydrogen-bond donors (Lipinski definition) is 0. The maximum Gasteiger partial charge on any atom is 0.260 e. The van der Waals surface area contributed by atoms with Crippen LogP contribution in [0.1, 0.15) is 16.8 Å². The number of carbonyl (C=O) groups is 1. The standard InChI is InChI=1S/C21H25BrN4O3S2.ClH/c1-24(2)12-5-13-26(21-23-18-11-8-16(22)14-19(18)30-21)20(27)15-6-9-17(10-7-15)31(28,29)25(3)4;/h6-11,14H,5,12-13H2,1-4H3;1H. The highest BCUT2D eigenvalue weighted by Crippen LogP contribution is 2.32. The lowest BCUT2D eigenvalue weighted by atomic mass is 10.2. The Kier molecular flexibility index (Phi) is 9.21. The first-order valence-corrected chi connectivity index (χ1v) is 12.7. The lowest BCUT2D eigenvalue weighted by Crippen LogP contribution is -2.33. The Morgan fingerprint density at radius 2 is 1.69 bits per heavy atom. The fourth-order valence-electron chi connectivity index (χ4n) is 2.97. The molecular formula is C21H26BrClN4O3S2. The zero-order valence-corrected chi connectivity index (χ0v) is 22.3. The largest absolute Gasteiger partial charge is 0.309 e. The van der Waals surface area contributed by atoms with Crippen LogP contribution >= 0.6 is 39.7 Å². The predicted octanol–water partition coefficient (Wildman–Crippen LogP) is 4.33. The molecule has 0 bridgehead atoms. The molecule has 0 atom stereocenters. The van der Waals surface area contributed by atoms with Gasteiger partial charge >= 0.3 is 0 Å². The molecular weight excluding hydrogens is 536 g/mol. The summed E-state index contributed by atoms with van der Waals surface area (Å²) in [4.78, 5) is 21.9. The SMILES string of the molecule is CN(C)CCCN(C(=O)c1ccc(S(=O)(=O)N(C)C)cc1)c1nc2ccc(Br)cc2s1.Cl. The fraction of sp³-hybridized carbons (Fsp3) is 0.333. The van der Waals surface area contributed by atoms with Crippen LogP contribution in [0.2, 0.25) is 0 Å². The number of anilines is 1. The van der Waals surface area contributed by atoms with Gasteiger partial charge in [0, 0.05) is 30.7 Å². The predicted molar refractivity (Wildman–Crippen MR) is 137 cm³/mol. The normalized spacial score (nSPS) is 11.7. The van der Waals surface area contributed by atoms with Crippen molar-refractivity contribution in [3.05, 3.63) is 52.5 Å². The number of fused-ring (bicyclic) bond motifs is 1. The molecule has 0 unspecified atom stereocenters. The number of halogens is 2. The molecule has 3 rings (SSSR count). The van der Waals surface area contributed by atoms with E-state index in [1.807, 2.05) is 32.3 Å². The molecule has 0 spiro atoms. The first-order valence-electron chi connectivity index (χ1n) is 9.65. The van der Waals surface area contributed by atoms with Crippen LogP contribution in [0.4, 0.5) is 5.13 Å². The Balaban J connectivity index is 0.00000363. The molecule has 1 amide bonds. The lowest BCUT2D eigenvalue weighted by Gasteiger charge is -2.21. The molecule has 7 nitrogen and oxygen atoms in total. The highest BCUT2D eigenvalue weighted by atomic mass is 79.9. The van der Waals surface area contributed by atoms with Crippen molar-refractivity contribution < 1.29 is 13.2 Å². The summed E-state index contributed by atoms with van der Waals surface area (Å²) >= 11 is 4.94. The zero-order valence-electron chi connectivity index (χ0n) is 18.3. The fourth-order valence-corrected chi connectivity index (χ4v) is 5.41. The number of benzene rings is 2. The Morgan fingerprint density at radius 1 is 1.03 bits per heavy atom. The summed E-state index contributed by atoms with van der Waals surface area (Å²) in [5.74, 6) is -0.203. The number of hydrogen-bond acceptors (Lipinski definition) is 6. The van der Waals surface area contributed by atoms with Gasteiger partial charge in [0.25, 0.3) is 5.91 Å². The van der Waals surface area contributed by atoms with Gasteiger partial charge in [0.05, 0.1) is 15.1 Å². The van der Waals surface area contributed by atoms with Gasteiger partial charge in [-0.3, -0.25) is 9.69 Å². The van der Waals surface area contributed by atoms with Crippen molar-refractivity contribution in [2.45, 2.75) is 11.3 Å². The Morgan fingerprint density at radius 3 is 2.28 bits per heavy atom. The van der Waals surface area contributed by atoms with E-state index in [1.54, 1.807) is 17.0 Å². The first kappa shape index (κ1) is 26.7. The van der Waals surface area contributed by atoms with Crippen molar-refractivity contribution in [2.75, 3.05) is 46.2 Å². The van der Waals surface area contributed by atoms with E-state index in [1.165, 1.54) is 37.6 Å². The third-order valence-electron chi connectivity index (χ3n) is 4.68. The zero-order chi connectivity index (χ0) is 22.8. The van der Waals surface area contributed by atoms with Crippen LogP contribution in [0.25, 0.3) is 10.2 Å². The van der Waals surface area contributed by atoms with Crippen molar-refractivity contribution >= 4 is 71.0 Å². The van der Waals surface area contributed by atoms with Crippen LogP contribution in [0.3, 0.4) is 0 Å². The molecule has 0 aliphatic heterocycles. The van der Waals surface area contributed by atoms with Gasteiger partial charge in [-0.25, -0.2) is 17.7 Å². The van der Waals surface area contributed by atoms with Gasteiger partial charge in [-0.1, -0.05) is 27.3 Å². The van der Waals surface area contributed by atoms with Crippen molar-refractivity contribution in [3.63, 3.8) is 0 Å². The minimum Gasteiger partial charge on any atom is -0.309 e. The molecule has 2 aromatic carbocycles. The monoisotopic (exact) mass is 560 g/mol. The molecule has 11 heteroatoms. The molecule has 3 aromatic rings. The van der Waals surface area contributed by atoms with Crippen molar-refractivity contribution in [2.24, 2.45) is 0 Å². The second-order valence-corrected chi connectivity index (χ2v) is 11.6. The molecule has 0 radical (unpaired) electrons. The first-order chi connectivity index (χ1) is 14.6. The van der Waals surface area contributed by atoms with E-state index in [9.17, 15) is 13.2 Å². The molecule has 32 heavy (non-hydrogen) atoms. The highest BCUT2D eigenvalue weighted by molar-refractivity contribution is 9.10. The average molecular weight is 562 g/mol. The van der Waals surface area contributed by atoms with Gasteiger partial charge in [-0.05, 0) is 69.5 Å². The summed E-state index contributed by atoms with van der Waals surface area (Å²) in [6.07, 6.45) is 0.783.